The van der Waals surface area contributed by atoms with Gasteiger partial charge in [0.2, 0.25) is 6.41 Å². The van der Waals surface area contributed by atoms with Crippen LogP contribution in [0.4, 0.5) is 17.2 Å². The third kappa shape index (κ3) is 3.89. The number of anilines is 3. The molecule has 7 heteroatoms. The SMILES string of the molecule is CCOc1ccccc1-c1cc(Nc2ccc(O)c(NC=O)c2)ncn1. The number of benzene rings is 2. The van der Waals surface area contributed by atoms with Crippen LogP contribution in [-0.4, -0.2) is 28.1 Å². The molecule has 1 heterocycles. The van der Waals surface area contributed by atoms with Crippen molar-refractivity contribution in [1.29, 1.82) is 0 Å². The number of ether oxygens (including phenoxy) is 1. The van der Waals surface area contributed by atoms with Crippen molar-refractivity contribution in [2.75, 3.05) is 17.2 Å². The molecule has 0 aliphatic carbocycles. The van der Waals surface area contributed by atoms with Gasteiger partial charge in [-0.3, -0.25) is 4.79 Å². The fourth-order valence-corrected chi connectivity index (χ4v) is 2.47. The van der Waals surface area contributed by atoms with E-state index in [4.69, 9.17) is 4.74 Å². The Morgan fingerprint density at radius 1 is 1.15 bits per heavy atom. The van der Waals surface area contributed by atoms with E-state index in [1.54, 1.807) is 18.2 Å². The summed E-state index contributed by atoms with van der Waals surface area (Å²) in [5.74, 6) is 1.31. The molecule has 1 amide bonds. The lowest BCUT2D eigenvalue weighted by atomic mass is 10.1. The third-order valence-corrected chi connectivity index (χ3v) is 3.61. The predicted octanol–water partition coefficient (Wildman–Crippen LogP) is 3.56. The average molecular weight is 350 g/mol. The Morgan fingerprint density at radius 3 is 2.81 bits per heavy atom. The molecule has 0 saturated heterocycles. The first-order valence-electron chi connectivity index (χ1n) is 8.05. The maximum atomic E-state index is 10.6. The number of carbonyl (C=O) groups excluding carboxylic acids is 1. The Bertz CT molecular complexity index is 915. The molecule has 0 fully saturated rings. The number of nitrogens with zero attached hydrogens (tertiary/aromatic N) is 2. The maximum absolute atomic E-state index is 10.6. The molecule has 0 bridgehead atoms. The zero-order valence-electron chi connectivity index (χ0n) is 14.1. The zero-order chi connectivity index (χ0) is 18.4. The van der Waals surface area contributed by atoms with Gasteiger partial charge in [-0.25, -0.2) is 9.97 Å². The number of para-hydroxylation sites is 1. The minimum absolute atomic E-state index is 0.0170. The number of hydrogen-bond acceptors (Lipinski definition) is 6. The van der Waals surface area contributed by atoms with Gasteiger partial charge in [-0.15, -0.1) is 0 Å². The van der Waals surface area contributed by atoms with Crippen LogP contribution in [0.1, 0.15) is 6.92 Å². The van der Waals surface area contributed by atoms with Crippen LogP contribution in [0.2, 0.25) is 0 Å². The highest BCUT2D eigenvalue weighted by Crippen LogP contribution is 2.31. The number of carbonyl (C=O) groups is 1. The van der Waals surface area contributed by atoms with Gasteiger partial charge in [-0.05, 0) is 37.3 Å². The summed E-state index contributed by atoms with van der Waals surface area (Å²) < 4.78 is 5.66. The number of phenolic OH excluding ortho intramolecular Hbond substituents is 1. The first-order valence-corrected chi connectivity index (χ1v) is 8.05. The van der Waals surface area contributed by atoms with Gasteiger partial charge in [0.25, 0.3) is 0 Å². The lowest BCUT2D eigenvalue weighted by Gasteiger charge is -2.11. The Hall–Kier alpha value is -3.61. The van der Waals surface area contributed by atoms with Gasteiger partial charge >= 0.3 is 0 Å². The summed E-state index contributed by atoms with van der Waals surface area (Å²) in [6.07, 6.45) is 1.97. The van der Waals surface area contributed by atoms with E-state index in [9.17, 15) is 9.90 Å². The van der Waals surface area contributed by atoms with Crippen molar-refractivity contribution in [3.05, 3.63) is 54.9 Å². The average Bonchev–Trinajstić information content (AvgIpc) is 2.66. The van der Waals surface area contributed by atoms with Gasteiger partial charge in [0.05, 0.1) is 18.0 Å². The van der Waals surface area contributed by atoms with Crippen LogP contribution in [0.5, 0.6) is 11.5 Å². The molecule has 2 aromatic carbocycles. The molecule has 0 radical (unpaired) electrons. The van der Waals surface area contributed by atoms with Gasteiger partial charge in [-0.1, -0.05) is 12.1 Å². The van der Waals surface area contributed by atoms with Gasteiger partial charge in [0.1, 0.15) is 23.6 Å². The second kappa shape index (κ2) is 7.98. The minimum atomic E-state index is -0.0170. The fourth-order valence-electron chi connectivity index (χ4n) is 2.47. The molecular weight excluding hydrogens is 332 g/mol. The molecule has 0 unspecified atom stereocenters. The van der Waals surface area contributed by atoms with E-state index in [-0.39, 0.29) is 5.75 Å². The molecule has 0 aliphatic rings. The molecule has 1 aromatic heterocycles. The van der Waals surface area contributed by atoms with Crippen molar-refractivity contribution in [3.63, 3.8) is 0 Å². The van der Waals surface area contributed by atoms with E-state index < -0.39 is 0 Å². The Labute approximate surface area is 150 Å². The highest BCUT2D eigenvalue weighted by molar-refractivity contribution is 5.79. The van der Waals surface area contributed by atoms with Crippen molar-refractivity contribution in [3.8, 4) is 22.8 Å². The largest absolute Gasteiger partial charge is 0.506 e. The number of aromatic nitrogens is 2. The standard InChI is InChI=1S/C19H18N4O3/c1-2-26-18-6-4-3-5-14(18)15-10-19(21-11-20-15)23-13-7-8-17(25)16(9-13)22-12-24/h3-12,25H,2H2,1H3,(H,22,24)(H,20,21,23). The molecule has 3 rings (SSSR count). The number of aromatic hydroxyl groups is 1. The van der Waals surface area contributed by atoms with E-state index in [1.807, 2.05) is 31.2 Å². The van der Waals surface area contributed by atoms with Crippen LogP contribution >= 0.6 is 0 Å². The van der Waals surface area contributed by atoms with Crippen molar-refractivity contribution >= 4 is 23.6 Å². The first-order chi connectivity index (χ1) is 12.7. The monoisotopic (exact) mass is 350 g/mol. The number of amides is 1. The second-order valence-electron chi connectivity index (χ2n) is 5.34. The van der Waals surface area contributed by atoms with E-state index in [1.165, 1.54) is 12.4 Å². The normalized spacial score (nSPS) is 10.2. The molecular formula is C19H18N4O3. The Balaban J connectivity index is 1.89. The fraction of sp³-hybridized carbons (Fsp3) is 0.105. The van der Waals surface area contributed by atoms with Crippen molar-refractivity contribution in [1.82, 2.24) is 9.97 Å². The lowest BCUT2D eigenvalue weighted by molar-refractivity contribution is -0.105. The highest BCUT2D eigenvalue weighted by atomic mass is 16.5. The highest BCUT2D eigenvalue weighted by Gasteiger charge is 2.09. The summed E-state index contributed by atoms with van der Waals surface area (Å²) in [4.78, 5) is 19.2. The summed E-state index contributed by atoms with van der Waals surface area (Å²) in [7, 11) is 0. The quantitative estimate of drug-likeness (QED) is 0.342. The summed E-state index contributed by atoms with van der Waals surface area (Å²) in [5, 5.41) is 15.3. The Kier molecular flexibility index (Phi) is 5.28. The number of hydrogen-bond donors (Lipinski definition) is 3. The van der Waals surface area contributed by atoms with Gasteiger partial charge < -0.3 is 20.5 Å². The van der Waals surface area contributed by atoms with Crippen LogP contribution in [0.25, 0.3) is 11.3 Å². The third-order valence-electron chi connectivity index (χ3n) is 3.61. The first kappa shape index (κ1) is 17.2. The smallest absolute Gasteiger partial charge is 0.211 e. The molecule has 3 N–H and O–H groups in total. The van der Waals surface area contributed by atoms with E-state index >= 15 is 0 Å². The van der Waals surface area contributed by atoms with Crippen LogP contribution in [0.3, 0.4) is 0 Å². The summed E-state index contributed by atoms with van der Waals surface area (Å²) >= 11 is 0. The molecule has 26 heavy (non-hydrogen) atoms. The summed E-state index contributed by atoms with van der Waals surface area (Å²) in [6, 6.07) is 14.2. The molecule has 0 aliphatic heterocycles. The van der Waals surface area contributed by atoms with E-state index in [0.717, 1.165) is 17.0 Å². The molecule has 0 spiro atoms. The Morgan fingerprint density at radius 2 is 2.00 bits per heavy atom. The van der Waals surface area contributed by atoms with Gasteiger partial charge in [0.15, 0.2) is 0 Å². The molecule has 0 atom stereocenters. The van der Waals surface area contributed by atoms with Crippen LogP contribution in [0, 0.1) is 0 Å². The van der Waals surface area contributed by atoms with Gasteiger partial charge in [-0.2, -0.15) is 0 Å². The van der Waals surface area contributed by atoms with Crippen LogP contribution < -0.4 is 15.4 Å². The van der Waals surface area contributed by atoms with Crippen molar-refractivity contribution in [2.45, 2.75) is 6.92 Å². The zero-order valence-corrected chi connectivity index (χ0v) is 14.1. The topological polar surface area (TPSA) is 96.4 Å². The number of rotatable bonds is 7. The minimum Gasteiger partial charge on any atom is -0.506 e. The maximum Gasteiger partial charge on any atom is 0.211 e. The van der Waals surface area contributed by atoms with Crippen molar-refractivity contribution in [2.24, 2.45) is 0 Å². The molecule has 132 valence electrons. The van der Waals surface area contributed by atoms with Crippen LogP contribution in [0.15, 0.2) is 54.9 Å². The molecule has 3 aromatic rings. The predicted molar refractivity (Wildman–Crippen MR) is 99.7 cm³/mol. The number of phenols is 1. The lowest BCUT2D eigenvalue weighted by Crippen LogP contribution is -1.99. The molecule has 0 saturated carbocycles. The molecule has 7 nitrogen and oxygen atoms in total. The summed E-state index contributed by atoms with van der Waals surface area (Å²) in [6.45, 7) is 2.49. The van der Waals surface area contributed by atoms with E-state index in [2.05, 4.69) is 20.6 Å². The summed E-state index contributed by atoms with van der Waals surface area (Å²) in [5.41, 5.74) is 2.56. The van der Waals surface area contributed by atoms with E-state index in [0.29, 0.717) is 30.2 Å². The van der Waals surface area contributed by atoms with Crippen molar-refractivity contribution < 1.29 is 14.6 Å². The number of nitrogens with one attached hydrogen (secondary N) is 2. The van der Waals surface area contributed by atoms with Gasteiger partial charge in [0, 0.05) is 17.3 Å². The second-order valence-corrected chi connectivity index (χ2v) is 5.34. The van der Waals surface area contributed by atoms with Crippen LogP contribution in [-0.2, 0) is 4.79 Å².